The number of hydrogen-bond donors (Lipinski definition) is 1. The number of rotatable bonds is 6. The molecule has 2 aromatic carbocycles. The number of fused-ring (bicyclic) bond motifs is 1. The highest BCUT2D eigenvalue weighted by atomic mass is 16.5. The van der Waals surface area contributed by atoms with Gasteiger partial charge in [0, 0.05) is 36.0 Å². The number of imide groups is 1. The zero-order valence-electron chi connectivity index (χ0n) is 21.2. The Morgan fingerprint density at radius 3 is 2.46 bits per heavy atom. The van der Waals surface area contributed by atoms with E-state index in [9.17, 15) is 19.2 Å². The molecule has 1 N–H and O–H groups in total. The monoisotopic (exact) mass is 499 g/mol. The van der Waals surface area contributed by atoms with Gasteiger partial charge in [-0.15, -0.1) is 0 Å². The fourth-order valence-corrected chi connectivity index (χ4v) is 5.19. The van der Waals surface area contributed by atoms with Crippen molar-refractivity contribution in [2.75, 3.05) is 0 Å². The lowest BCUT2D eigenvalue weighted by Crippen LogP contribution is -2.58. The van der Waals surface area contributed by atoms with Crippen LogP contribution in [-0.4, -0.2) is 81.0 Å². The van der Waals surface area contributed by atoms with Crippen LogP contribution in [0.15, 0.2) is 42.5 Å². The van der Waals surface area contributed by atoms with E-state index >= 15 is 0 Å². The molecule has 3 aliphatic heterocycles. The van der Waals surface area contributed by atoms with Gasteiger partial charge in [0.1, 0.15) is 40.1 Å². The van der Waals surface area contributed by atoms with Crippen LogP contribution in [-0.2, 0) is 38.8 Å². The SMILES string of the molecule is BC1OC(B)C(B)N(Cc2ccc(COc3cccc4c3CN(C3CCC(=O)NC3=O)C4=O)cc2)C1=O. The molecule has 3 heterocycles. The molecular weight excluding hydrogens is 471 g/mol. The third-order valence-corrected chi connectivity index (χ3v) is 7.53. The molecule has 5 rings (SSSR count). The molecule has 188 valence electrons. The van der Waals surface area contributed by atoms with Gasteiger partial charge in [-0.05, 0) is 29.7 Å². The van der Waals surface area contributed by atoms with E-state index in [0.717, 1.165) is 16.7 Å². The molecule has 4 atom stereocenters. The molecule has 2 aromatic rings. The van der Waals surface area contributed by atoms with Crippen LogP contribution in [0, 0.1) is 0 Å². The Balaban J connectivity index is 1.23. The predicted octanol–water partition coefficient (Wildman–Crippen LogP) is -1.74. The standard InChI is InChI=1S/C25H28B3N3O6/c26-20-21(27)37-22(28)25(35)31(20)10-13-4-6-14(7-5-13)12-36-18-3-1-2-15-16(18)11-30(24(15)34)17-8-9-19(32)29-23(17)33/h1-7,17,20-22H,8-12,26-28H2,(H,29,32,33). The van der Waals surface area contributed by atoms with E-state index in [2.05, 4.69) is 5.32 Å². The molecule has 4 amide bonds. The van der Waals surface area contributed by atoms with Gasteiger partial charge in [0.25, 0.3) is 5.91 Å². The summed E-state index contributed by atoms with van der Waals surface area (Å²) in [7, 11) is 5.77. The highest BCUT2D eigenvalue weighted by molar-refractivity contribution is 6.27. The van der Waals surface area contributed by atoms with Crippen molar-refractivity contribution >= 4 is 47.2 Å². The fraction of sp³-hybridized carbons (Fsp3) is 0.360. The Morgan fingerprint density at radius 2 is 1.73 bits per heavy atom. The van der Waals surface area contributed by atoms with E-state index in [1.54, 1.807) is 20.0 Å². The summed E-state index contributed by atoms with van der Waals surface area (Å²) in [6.07, 6.45) is 0.534. The van der Waals surface area contributed by atoms with Crippen molar-refractivity contribution in [3.05, 3.63) is 64.7 Å². The number of piperidine rings is 1. The number of carbonyl (C=O) groups is 4. The second-order valence-corrected chi connectivity index (χ2v) is 9.98. The summed E-state index contributed by atoms with van der Waals surface area (Å²) in [6, 6.07) is 12.1. The average molecular weight is 499 g/mol. The molecule has 0 spiro atoms. The van der Waals surface area contributed by atoms with Gasteiger partial charge in [0.15, 0.2) is 7.85 Å². The first-order valence-electron chi connectivity index (χ1n) is 12.7. The third-order valence-electron chi connectivity index (χ3n) is 7.53. The lowest BCUT2D eigenvalue weighted by molar-refractivity contribution is -0.151. The number of ether oxygens (including phenoxy) is 2. The van der Waals surface area contributed by atoms with Crippen LogP contribution in [0.3, 0.4) is 0 Å². The lowest BCUT2D eigenvalue weighted by atomic mass is 9.75. The predicted molar refractivity (Wildman–Crippen MR) is 142 cm³/mol. The maximum absolute atomic E-state index is 13.0. The number of nitrogens with one attached hydrogen (secondary N) is 1. The van der Waals surface area contributed by atoms with Crippen LogP contribution in [0.1, 0.15) is 39.9 Å². The van der Waals surface area contributed by atoms with E-state index in [4.69, 9.17) is 9.47 Å². The van der Waals surface area contributed by atoms with Crippen LogP contribution in [0.2, 0.25) is 0 Å². The third kappa shape index (κ3) is 4.90. The molecule has 4 unspecified atom stereocenters. The van der Waals surface area contributed by atoms with E-state index in [-0.39, 0.29) is 42.6 Å². The summed E-state index contributed by atoms with van der Waals surface area (Å²) < 4.78 is 11.8. The fourth-order valence-electron chi connectivity index (χ4n) is 5.19. The molecule has 0 saturated carbocycles. The van der Waals surface area contributed by atoms with Crippen LogP contribution in [0.25, 0.3) is 0 Å². The zero-order chi connectivity index (χ0) is 26.3. The molecule has 0 aromatic heterocycles. The summed E-state index contributed by atoms with van der Waals surface area (Å²) in [5, 5.41) is 2.32. The number of benzene rings is 2. The Labute approximate surface area is 218 Å². The van der Waals surface area contributed by atoms with Crippen LogP contribution >= 0.6 is 0 Å². The molecular formula is C25H28B3N3O6. The molecule has 12 heteroatoms. The Hall–Kier alpha value is -3.53. The molecule has 0 bridgehead atoms. The Kier molecular flexibility index (Phi) is 6.85. The minimum absolute atomic E-state index is 0.00292. The molecule has 37 heavy (non-hydrogen) atoms. The average Bonchev–Trinajstić information content (AvgIpc) is 3.21. The highest BCUT2D eigenvalue weighted by Crippen LogP contribution is 2.34. The Bertz CT molecular complexity index is 1260. The van der Waals surface area contributed by atoms with Crippen molar-refractivity contribution in [2.45, 2.75) is 56.5 Å². The van der Waals surface area contributed by atoms with Crippen molar-refractivity contribution in [1.29, 1.82) is 0 Å². The number of morpholine rings is 1. The molecule has 2 saturated heterocycles. The number of hydrogen-bond acceptors (Lipinski definition) is 6. The number of nitrogens with zero attached hydrogens (tertiary/aromatic N) is 2. The summed E-state index contributed by atoms with van der Waals surface area (Å²) in [6.45, 7) is 1.09. The largest absolute Gasteiger partial charge is 0.489 e. The van der Waals surface area contributed by atoms with Gasteiger partial charge in [0.05, 0.1) is 6.54 Å². The summed E-state index contributed by atoms with van der Waals surface area (Å²) in [5.74, 6) is -0.380. The normalized spacial score (nSPS) is 25.7. The lowest BCUT2D eigenvalue weighted by Gasteiger charge is -2.41. The number of amides is 4. The second-order valence-electron chi connectivity index (χ2n) is 9.98. The van der Waals surface area contributed by atoms with Crippen LogP contribution in [0.5, 0.6) is 5.75 Å². The van der Waals surface area contributed by atoms with E-state index in [1.807, 2.05) is 50.9 Å². The molecule has 2 fully saturated rings. The quantitative estimate of drug-likeness (QED) is 0.374. The molecule has 9 nitrogen and oxygen atoms in total. The first kappa shape index (κ1) is 25.1. The van der Waals surface area contributed by atoms with Gasteiger partial charge in [-0.2, -0.15) is 0 Å². The van der Waals surface area contributed by atoms with Crippen LogP contribution < -0.4 is 10.1 Å². The minimum atomic E-state index is -0.662. The topological polar surface area (TPSA) is 105 Å². The first-order chi connectivity index (χ1) is 17.7. The zero-order valence-corrected chi connectivity index (χ0v) is 21.2. The second kappa shape index (κ2) is 10.1. The van der Waals surface area contributed by atoms with Gasteiger partial charge in [0.2, 0.25) is 17.7 Å². The maximum Gasteiger partial charge on any atom is 0.255 e. The van der Waals surface area contributed by atoms with Crippen molar-refractivity contribution in [3.8, 4) is 5.75 Å². The first-order valence-corrected chi connectivity index (χ1v) is 12.7. The van der Waals surface area contributed by atoms with Gasteiger partial charge in [-0.3, -0.25) is 24.5 Å². The van der Waals surface area contributed by atoms with Crippen molar-refractivity contribution in [3.63, 3.8) is 0 Å². The maximum atomic E-state index is 13.0. The Morgan fingerprint density at radius 1 is 1.00 bits per heavy atom. The van der Waals surface area contributed by atoms with Crippen molar-refractivity contribution < 1.29 is 28.7 Å². The van der Waals surface area contributed by atoms with Gasteiger partial charge < -0.3 is 19.3 Å². The van der Waals surface area contributed by atoms with Gasteiger partial charge >= 0.3 is 0 Å². The molecule has 3 aliphatic rings. The van der Waals surface area contributed by atoms with Crippen LogP contribution in [0.4, 0.5) is 0 Å². The van der Waals surface area contributed by atoms with Crippen molar-refractivity contribution in [2.24, 2.45) is 0 Å². The summed E-state index contributed by atoms with van der Waals surface area (Å²) in [4.78, 5) is 52.8. The van der Waals surface area contributed by atoms with E-state index in [1.165, 1.54) is 4.90 Å². The molecule has 0 radical (unpaired) electrons. The van der Waals surface area contributed by atoms with E-state index < -0.39 is 18.0 Å². The number of carbonyl (C=O) groups excluding carboxylic acids is 4. The van der Waals surface area contributed by atoms with E-state index in [0.29, 0.717) is 30.9 Å². The smallest absolute Gasteiger partial charge is 0.255 e. The van der Waals surface area contributed by atoms with Gasteiger partial charge in [-0.25, -0.2) is 0 Å². The highest BCUT2D eigenvalue weighted by Gasteiger charge is 2.40. The summed E-state index contributed by atoms with van der Waals surface area (Å²) in [5.41, 5.74) is 3.24. The van der Waals surface area contributed by atoms with Crippen molar-refractivity contribution in [1.82, 2.24) is 15.1 Å². The van der Waals surface area contributed by atoms with Gasteiger partial charge in [-0.1, -0.05) is 30.3 Å². The molecule has 0 aliphatic carbocycles. The summed E-state index contributed by atoms with van der Waals surface area (Å²) >= 11 is 0. The minimum Gasteiger partial charge on any atom is -0.489 e.